The summed E-state index contributed by atoms with van der Waals surface area (Å²) in [5.41, 5.74) is 0.956. The number of ether oxygens (including phenoxy) is 1. The maximum Gasteiger partial charge on any atom is 0.408 e. The number of hydrogen-bond acceptors (Lipinski definition) is 5. The van der Waals surface area contributed by atoms with E-state index in [-0.39, 0.29) is 11.7 Å². The second kappa shape index (κ2) is 12.2. The lowest BCUT2D eigenvalue weighted by Gasteiger charge is -2.33. The number of phenolic OH excluding ortho intramolecular Hbond substituents is 1. The molecule has 8 nitrogen and oxygen atoms in total. The fraction of sp³-hybridized carbons (Fsp3) is 0.387. The van der Waals surface area contributed by atoms with Crippen LogP contribution in [0.1, 0.15) is 58.2 Å². The van der Waals surface area contributed by atoms with Crippen molar-refractivity contribution in [1.29, 1.82) is 0 Å². The maximum absolute atomic E-state index is 13.9. The number of carbonyl (C=O) groups is 3. The standard InChI is InChI=1S/C31H39N3O5/c1-8-19(2)26(33-30(38)39-31(4,5)6)29(37)34(7)27(23-14-16-25(35)20(3)17-23)28(36)32-24-15-13-21-11-9-10-12-22(21)18-24/h9-19,26-27,35H,8H2,1-7H3,(H,32,36)(H,33,38). The van der Waals surface area contributed by atoms with Crippen molar-refractivity contribution >= 4 is 34.4 Å². The van der Waals surface area contributed by atoms with E-state index >= 15 is 0 Å². The normalized spacial score (nSPS) is 13.7. The monoisotopic (exact) mass is 533 g/mol. The van der Waals surface area contributed by atoms with Crippen molar-refractivity contribution in [3.8, 4) is 5.75 Å². The highest BCUT2D eigenvalue weighted by Crippen LogP contribution is 2.29. The number of carbonyl (C=O) groups excluding carboxylic acids is 3. The first-order valence-electron chi connectivity index (χ1n) is 13.2. The molecule has 39 heavy (non-hydrogen) atoms. The summed E-state index contributed by atoms with van der Waals surface area (Å²) < 4.78 is 5.40. The molecule has 3 rings (SSSR count). The smallest absolute Gasteiger partial charge is 0.408 e. The Morgan fingerprint density at radius 3 is 2.28 bits per heavy atom. The molecule has 0 aliphatic rings. The van der Waals surface area contributed by atoms with Gasteiger partial charge in [-0.3, -0.25) is 9.59 Å². The molecule has 0 aromatic heterocycles. The third-order valence-corrected chi connectivity index (χ3v) is 6.69. The quantitative estimate of drug-likeness (QED) is 0.333. The number of nitrogens with one attached hydrogen (secondary N) is 2. The second-order valence-electron chi connectivity index (χ2n) is 11.0. The molecular weight excluding hydrogens is 494 g/mol. The molecule has 208 valence electrons. The van der Waals surface area contributed by atoms with Gasteiger partial charge in [0.1, 0.15) is 23.4 Å². The first-order valence-corrected chi connectivity index (χ1v) is 13.2. The minimum Gasteiger partial charge on any atom is -0.508 e. The Kier molecular flexibility index (Phi) is 9.22. The molecule has 3 aromatic carbocycles. The molecule has 0 spiro atoms. The molecule has 0 saturated heterocycles. The Hall–Kier alpha value is -4.07. The fourth-order valence-electron chi connectivity index (χ4n) is 4.34. The summed E-state index contributed by atoms with van der Waals surface area (Å²) in [5.74, 6) is -0.991. The Morgan fingerprint density at radius 1 is 1.00 bits per heavy atom. The number of rotatable bonds is 8. The Morgan fingerprint density at radius 2 is 1.67 bits per heavy atom. The van der Waals surface area contributed by atoms with Crippen molar-refractivity contribution in [2.75, 3.05) is 12.4 Å². The van der Waals surface area contributed by atoms with Crippen LogP contribution in [0, 0.1) is 12.8 Å². The van der Waals surface area contributed by atoms with E-state index in [2.05, 4.69) is 10.6 Å². The van der Waals surface area contributed by atoms with Crippen molar-refractivity contribution < 1.29 is 24.2 Å². The SMILES string of the molecule is CCC(C)C(NC(=O)OC(C)(C)C)C(=O)N(C)C(C(=O)Nc1ccc2ccccc2c1)c1ccc(O)c(C)c1. The molecule has 0 aliphatic carbocycles. The Labute approximate surface area is 230 Å². The molecule has 0 radical (unpaired) electrons. The number of fused-ring (bicyclic) bond motifs is 1. The first-order chi connectivity index (χ1) is 18.3. The summed E-state index contributed by atoms with van der Waals surface area (Å²) in [4.78, 5) is 41.6. The van der Waals surface area contributed by atoms with Gasteiger partial charge in [0.2, 0.25) is 5.91 Å². The van der Waals surface area contributed by atoms with Gasteiger partial charge in [0.05, 0.1) is 0 Å². The lowest BCUT2D eigenvalue weighted by atomic mass is 9.95. The predicted molar refractivity (Wildman–Crippen MR) is 154 cm³/mol. The van der Waals surface area contributed by atoms with Crippen LogP contribution in [-0.4, -0.2) is 46.6 Å². The van der Waals surface area contributed by atoms with Crippen LogP contribution in [-0.2, 0) is 14.3 Å². The molecule has 3 atom stereocenters. The van der Waals surface area contributed by atoms with Gasteiger partial charge in [-0.1, -0.05) is 56.7 Å². The van der Waals surface area contributed by atoms with Crippen molar-refractivity contribution in [3.63, 3.8) is 0 Å². The lowest BCUT2D eigenvalue weighted by molar-refractivity contribution is -0.140. The van der Waals surface area contributed by atoms with Gasteiger partial charge in [0, 0.05) is 12.7 Å². The number of alkyl carbamates (subject to hydrolysis) is 1. The number of hydrogen-bond donors (Lipinski definition) is 3. The molecule has 0 aliphatic heterocycles. The molecule has 0 bridgehead atoms. The highest BCUT2D eigenvalue weighted by atomic mass is 16.6. The average Bonchev–Trinajstić information content (AvgIpc) is 2.87. The van der Waals surface area contributed by atoms with E-state index < -0.39 is 35.6 Å². The number of likely N-dealkylation sites (N-methyl/N-ethyl adjacent to an activating group) is 1. The van der Waals surface area contributed by atoms with Crippen LogP contribution in [0.25, 0.3) is 10.8 Å². The molecule has 0 saturated carbocycles. The van der Waals surface area contributed by atoms with E-state index in [1.807, 2.05) is 56.3 Å². The van der Waals surface area contributed by atoms with Crippen LogP contribution in [0.3, 0.4) is 0 Å². The highest BCUT2D eigenvalue weighted by Gasteiger charge is 2.36. The van der Waals surface area contributed by atoms with Crippen molar-refractivity contribution in [3.05, 3.63) is 71.8 Å². The van der Waals surface area contributed by atoms with Crippen LogP contribution < -0.4 is 10.6 Å². The Bertz CT molecular complexity index is 1350. The van der Waals surface area contributed by atoms with Gasteiger partial charge < -0.3 is 25.4 Å². The molecule has 3 unspecified atom stereocenters. The van der Waals surface area contributed by atoms with Crippen LogP contribution in [0.4, 0.5) is 10.5 Å². The zero-order valence-corrected chi connectivity index (χ0v) is 23.7. The van der Waals surface area contributed by atoms with Crippen molar-refractivity contribution in [2.24, 2.45) is 5.92 Å². The summed E-state index contributed by atoms with van der Waals surface area (Å²) in [6, 6.07) is 16.3. The number of benzene rings is 3. The number of aryl methyl sites for hydroxylation is 1. The minimum atomic E-state index is -1.03. The van der Waals surface area contributed by atoms with E-state index in [0.717, 1.165) is 10.8 Å². The van der Waals surface area contributed by atoms with Crippen LogP contribution in [0.5, 0.6) is 5.75 Å². The van der Waals surface area contributed by atoms with Crippen molar-refractivity contribution in [2.45, 2.75) is 65.6 Å². The second-order valence-corrected chi connectivity index (χ2v) is 11.0. The van der Waals surface area contributed by atoms with E-state index in [1.54, 1.807) is 46.9 Å². The molecular formula is C31H39N3O5. The number of nitrogens with zero attached hydrogens (tertiary/aromatic N) is 1. The Balaban J connectivity index is 1.96. The summed E-state index contributed by atoms with van der Waals surface area (Å²) in [6.07, 6.45) is -0.0843. The topological polar surface area (TPSA) is 108 Å². The van der Waals surface area contributed by atoms with Gasteiger partial charge in [-0.2, -0.15) is 0 Å². The number of anilines is 1. The first kappa shape index (κ1) is 29.5. The number of phenols is 1. The van der Waals surface area contributed by atoms with Gasteiger partial charge in [0.25, 0.3) is 5.91 Å². The largest absolute Gasteiger partial charge is 0.508 e. The van der Waals surface area contributed by atoms with Crippen molar-refractivity contribution in [1.82, 2.24) is 10.2 Å². The summed E-state index contributed by atoms with van der Waals surface area (Å²) >= 11 is 0. The molecule has 0 fully saturated rings. The third kappa shape index (κ3) is 7.50. The van der Waals surface area contributed by atoms with E-state index in [4.69, 9.17) is 4.74 Å². The molecule has 3 amide bonds. The summed E-state index contributed by atoms with van der Waals surface area (Å²) in [7, 11) is 1.54. The van der Waals surface area contributed by atoms with Gasteiger partial charge in [-0.25, -0.2) is 4.79 Å². The predicted octanol–water partition coefficient (Wildman–Crippen LogP) is 5.93. The van der Waals surface area contributed by atoms with E-state index in [1.165, 1.54) is 11.0 Å². The van der Waals surface area contributed by atoms with Crippen LogP contribution in [0.15, 0.2) is 60.7 Å². The molecule has 3 N–H and O–H groups in total. The maximum atomic E-state index is 13.9. The van der Waals surface area contributed by atoms with E-state index in [9.17, 15) is 19.5 Å². The molecule has 0 heterocycles. The number of amides is 3. The lowest BCUT2D eigenvalue weighted by Crippen LogP contribution is -2.53. The van der Waals surface area contributed by atoms with Gasteiger partial charge >= 0.3 is 6.09 Å². The van der Waals surface area contributed by atoms with Crippen LogP contribution >= 0.6 is 0 Å². The average molecular weight is 534 g/mol. The molecule has 3 aromatic rings. The summed E-state index contributed by atoms with van der Waals surface area (Å²) in [5, 5.41) is 17.8. The van der Waals surface area contributed by atoms with Gasteiger partial charge in [-0.05, 0) is 79.8 Å². The van der Waals surface area contributed by atoms with Crippen LogP contribution in [0.2, 0.25) is 0 Å². The summed E-state index contributed by atoms with van der Waals surface area (Å²) in [6.45, 7) is 10.8. The molecule has 8 heteroatoms. The minimum absolute atomic E-state index is 0.0884. The van der Waals surface area contributed by atoms with E-state index in [0.29, 0.717) is 23.2 Å². The highest BCUT2D eigenvalue weighted by molar-refractivity contribution is 6.00. The third-order valence-electron chi connectivity index (χ3n) is 6.69. The zero-order chi connectivity index (χ0) is 28.9. The zero-order valence-electron chi connectivity index (χ0n) is 23.7. The van der Waals surface area contributed by atoms with Gasteiger partial charge in [0.15, 0.2) is 0 Å². The van der Waals surface area contributed by atoms with Gasteiger partial charge in [-0.15, -0.1) is 0 Å². The fourth-order valence-corrected chi connectivity index (χ4v) is 4.34. The number of aromatic hydroxyl groups is 1.